The van der Waals surface area contributed by atoms with E-state index in [-0.39, 0.29) is 0 Å². The lowest BCUT2D eigenvalue weighted by atomic mass is 10.00. The maximum absolute atomic E-state index is 11.3. The zero-order valence-corrected chi connectivity index (χ0v) is 22.0. The fourth-order valence-corrected chi connectivity index (χ4v) is 5.99. The van der Waals surface area contributed by atoms with Crippen LogP contribution >= 0.6 is 0 Å². The van der Waals surface area contributed by atoms with Crippen molar-refractivity contribution in [3.05, 3.63) is 0 Å². The number of Topliss-reactive ketones (excluding diaryl/α,β-unsaturated/α-hetero) is 1. The Morgan fingerprint density at radius 1 is 0.533 bits per heavy atom. The summed E-state index contributed by atoms with van der Waals surface area (Å²) in [5, 5.41) is 0. The lowest BCUT2D eigenvalue weighted by Gasteiger charge is -2.27. The molecular weight excluding hydrogens is 384 g/mol. The fraction of sp³-hybridized carbons (Fsp3) is 0.963. The van der Waals surface area contributed by atoms with Gasteiger partial charge in [-0.1, -0.05) is 103 Å². The summed E-state index contributed by atoms with van der Waals surface area (Å²) in [5.74, 6) is 0.501. The highest BCUT2D eigenvalue weighted by molar-refractivity contribution is 6.69. The van der Waals surface area contributed by atoms with E-state index in [9.17, 15) is 4.79 Å². The van der Waals surface area contributed by atoms with Crippen LogP contribution in [0.1, 0.15) is 141 Å². The van der Waals surface area contributed by atoms with E-state index in [1.807, 2.05) is 0 Å². The average molecular weight is 439 g/mol. The Morgan fingerprint density at radius 2 is 0.833 bits per heavy atom. The SMILES string of the molecule is C[Si](C)(C)OC1CCCCCCCCCCC1.O=C1CCCCCCCCCCC1. The number of ketones is 1. The number of rotatable bonds is 2. The minimum absolute atomic E-state index is 0.501. The molecule has 0 radical (unpaired) electrons. The van der Waals surface area contributed by atoms with Gasteiger partial charge in [0.2, 0.25) is 0 Å². The molecule has 0 saturated heterocycles. The summed E-state index contributed by atoms with van der Waals surface area (Å²) in [6, 6.07) is 0. The van der Waals surface area contributed by atoms with Crippen molar-refractivity contribution < 1.29 is 9.22 Å². The summed E-state index contributed by atoms with van der Waals surface area (Å²) in [6.45, 7) is 6.97. The third kappa shape index (κ3) is 18.6. The van der Waals surface area contributed by atoms with Crippen molar-refractivity contribution in [3.63, 3.8) is 0 Å². The van der Waals surface area contributed by atoms with Gasteiger partial charge in [0.05, 0.1) is 0 Å². The first-order valence-corrected chi connectivity index (χ1v) is 17.1. The van der Waals surface area contributed by atoms with E-state index in [0.29, 0.717) is 11.9 Å². The first-order chi connectivity index (χ1) is 14.5. The molecule has 0 spiro atoms. The third-order valence-corrected chi connectivity index (χ3v) is 7.52. The summed E-state index contributed by atoms with van der Waals surface area (Å²) < 4.78 is 6.32. The van der Waals surface area contributed by atoms with Gasteiger partial charge in [-0.3, -0.25) is 4.79 Å². The summed E-state index contributed by atoms with van der Waals surface area (Å²) in [4.78, 5) is 11.3. The summed E-state index contributed by atoms with van der Waals surface area (Å²) in [7, 11) is -1.33. The molecular formula is C27H54O2Si. The van der Waals surface area contributed by atoms with Crippen molar-refractivity contribution in [3.8, 4) is 0 Å². The Morgan fingerprint density at radius 3 is 1.17 bits per heavy atom. The van der Waals surface area contributed by atoms with E-state index in [1.54, 1.807) is 0 Å². The second-order valence-electron chi connectivity index (χ2n) is 10.8. The predicted octanol–water partition coefficient (Wildman–Crippen LogP) is 9.37. The predicted molar refractivity (Wildman–Crippen MR) is 135 cm³/mol. The van der Waals surface area contributed by atoms with Crippen molar-refractivity contribution in [2.45, 2.75) is 167 Å². The molecule has 0 N–H and O–H groups in total. The minimum Gasteiger partial charge on any atom is -0.415 e. The lowest BCUT2D eigenvalue weighted by molar-refractivity contribution is -0.119. The molecule has 0 aromatic carbocycles. The zero-order chi connectivity index (χ0) is 21.9. The second-order valence-corrected chi connectivity index (χ2v) is 15.3. The van der Waals surface area contributed by atoms with Gasteiger partial charge < -0.3 is 4.43 Å². The van der Waals surface area contributed by atoms with Crippen LogP contribution in [0.5, 0.6) is 0 Å². The van der Waals surface area contributed by atoms with Gasteiger partial charge in [0.1, 0.15) is 5.78 Å². The van der Waals surface area contributed by atoms with Crippen LogP contribution in [0.25, 0.3) is 0 Å². The van der Waals surface area contributed by atoms with Gasteiger partial charge in [0.15, 0.2) is 8.32 Å². The van der Waals surface area contributed by atoms with Crippen molar-refractivity contribution in [2.24, 2.45) is 0 Å². The number of carbonyl (C=O) groups excluding carboxylic acids is 1. The monoisotopic (exact) mass is 438 g/mol. The van der Waals surface area contributed by atoms with E-state index < -0.39 is 8.32 Å². The van der Waals surface area contributed by atoms with E-state index in [1.165, 1.54) is 116 Å². The van der Waals surface area contributed by atoms with Gasteiger partial charge in [-0.25, -0.2) is 0 Å². The van der Waals surface area contributed by atoms with Gasteiger partial charge in [-0.2, -0.15) is 0 Å². The molecule has 0 aromatic rings. The Labute approximate surface area is 190 Å². The highest BCUT2D eigenvalue weighted by atomic mass is 28.4. The Kier molecular flexibility index (Phi) is 17.1. The van der Waals surface area contributed by atoms with Gasteiger partial charge in [-0.15, -0.1) is 0 Å². The summed E-state index contributed by atoms with van der Waals surface area (Å²) >= 11 is 0. The molecule has 2 rings (SSSR count). The lowest BCUT2D eigenvalue weighted by Crippen LogP contribution is -2.32. The second kappa shape index (κ2) is 18.4. The van der Waals surface area contributed by atoms with Crippen LogP contribution in [0.2, 0.25) is 19.6 Å². The van der Waals surface area contributed by atoms with Crippen LogP contribution in [0.15, 0.2) is 0 Å². The maximum Gasteiger partial charge on any atom is 0.184 e. The van der Waals surface area contributed by atoms with Crippen molar-refractivity contribution in [1.29, 1.82) is 0 Å². The molecule has 2 fully saturated rings. The molecule has 30 heavy (non-hydrogen) atoms. The molecule has 178 valence electrons. The molecule has 0 aliphatic heterocycles. The van der Waals surface area contributed by atoms with Crippen LogP contribution in [0.3, 0.4) is 0 Å². The molecule has 2 saturated carbocycles. The number of hydrogen-bond acceptors (Lipinski definition) is 2. The van der Waals surface area contributed by atoms with E-state index in [4.69, 9.17) is 4.43 Å². The van der Waals surface area contributed by atoms with Gasteiger partial charge in [0, 0.05) is 18.9 Å². The first kappa shape index (κ1) is 27.9. The molecule has 3 heteroatoms. The highest BCUT2D eigenvalue weighted by Crippen LogP contribution is 2.21. The quantitative estimate of drug-likeness (QED) is 0.401. The van der Waals surface area contributed by atoms with Gasteiger partial charge in [-0.05, 0) is 45.3 Å². The smallest absolute Gasteiger partial charge is 0.184 e. The molecule has 2 aliphatic rings. The van der Waals surface area contributed by atoms with E-state index in [0.717, 1.165) is 25.7 Å². The molecule has 0 atom stereocenters. The normalized spacial score (nSPS) is 23.0. The molecule has 0 bridgehead atoms. The van der Waals surface area contributed by atoms with Crippen molar-refractivity contribution in [1.82, 2.24) is 0 Å². The highest BCUT2D eigenvalue weighted by Gasteiger charge is 2.20. The first-order valence-electron chi connectivity index (χ1n) is 13.7. The Bertz CT molecular complexity index is 376. The van der Waals surface area contributed by atoms with E-state index in [2.05, 4.69) is 19.6 Å². The largest absolute Gasteiger partial charge is 0.415 e. The maximum atomic E-state index is 11.3. The van der Waals surface area contributed by atoms with Crippen LogP contribution < -0.4 is 0 Å². The molecule has 0 heterocycles. The fourth-order valence-electron chi connectivity index (χ4n) is 4.75. The van der Waals surface area contributed by atoms with Gasteiger partial charge >= 0.3 is 0 Å². The topological polar surface area (TPSA) is 26.3 Å². The van der Waals surface area contributed by atoms with Crippen LogP contribution in [0, 0.1) is 0 Å². The standard InChI is InChI=1S/C15H32OSi.C12H22O/c1-17(2,3)16-15-13-11-9-7-5-4-6-8-10-12-14-15;13-12-10-8-6-4-2-1-3-5-7-9-11-12/h15H,4-14H2,1-3H3;1-11H2. The van der Waals surface area contributed by atoms with E-state index >= 15 is 0 Å². The Hall–Kier alpha value is -0.153. The summed E-state index contributed by atoms with van der Waals surface area (Å²) in [6.07, 6.45) is 29.4. The minimum atomic E-state index is -1.33. The third-order valence-electron chi connectivity index (χ3n) is 6.48. The molecule has 0 amide bonds. The number of hydrogen-bond donors (Lipinski definition) is 0. The van der Waals surface area contributed by atoms with Crippen molar-refractivity contribution >= 4 is 14.1 Å². The molecule has 0 unspecified atom stereocenters. The molecule has 2 aliphatic carbocycles. The average Bonchev–Trinajstić information content (AvgIpc) is 2.66. The van der Waals surface area contributed by atoms with Crippen LogP contribution in [-0.4, -0.2) is 20.2 Å². The van der Waals surface area contributed by atoms with Crippen molar-refractivity contribution in [2.75, 3.05) is 0 Å². The van der Waals surface area contributed by atoms with Crippen LogP contribution in [-0.2, 0) is 9.22 Å². The van der Waals surface area contributed by atoms with Gasteiger partial charge in [0.25, 0.3) is 0 Å². The zero-order valence-electron chi connectivity index (χ0n) is 21.0. The summed E-state index contributed by atoms with van der Waals surface area (Å²) in [5.41, 5.74) is 0. The Balaban J connectivity index is 0.000000311. The number of carbonyl (C=O) groups is 1. The van der Waals surface area contributed by atoms with Crippen LogP contribution in [0.4, 0.5) is 0 Å². The molecule has 2 nitrogen and oxygen atoms in total. The molecule has 0 aromatic heterocycles.